The van der Waals surface area contributed by atoms with Crippen LogP contribution in [0.3, 0.4) is 0 Å². The van der Waals surface area contributed by atoms with Crippen LogP contribution in [0.25, 0.3) is 0 Å². The van der Waals surface area contributed by atoms with Crippen molar-refractivity contribution < 1.29 is 4.42 Å². The summed E-state index contributed by atoms with van der Waals surface area (Å²) in [6.07, 6.45) is 2.35. The van der Waals surface area contributed by atoms with E-state index in [0.717, 1.165) is 31.2 Å². The molecular weight excluding hydrogens is 268 g/mol. The lowest BCUT2D eigenvalue weighted by Gasteiger charge is -2.28. The minimum absolute atomic E-state index is 0.142. The fraction of sp³-hybridized carbons (Fsp3) is 0.714. The third-order valence-electron chi connectivity index (χ3n) is 4.17. The lowest BCUT2D eigenvalue weighted by Crippen LogP contribution is -2.35. The SMILES string of the molecule is Cc1nc(C)n(C[C@H]2CCCN2[C@H](C)c2nnc(C)o2)n1. The number of aryl methyl sites for hydroxylation is 3. The fourth-order valence-electron chi connectivity index (χ4n) is 3.12. The fourth-order valence-corrected chi connectivity index (χ4v) is 3.12. The average Bonchev–Trinajstić information content (AvgIpc) is 3.12. The molecule has 2 aromatic rings. The van der Waals surface area contributed by atoms with Crippen molar-refractivity contribution in [2.75, 3.05) is 6.54 Å². The maximum absolute atomic E-state index is 5.59. The second-order valence-corrected chi connectivity index (χ2v) is 5.76. The minimum Gasteiger partial charge on any atom is -0.424 e. The molecule has 0 unspecified atom stereocenters. The summed E-state index contributed by atoms with van der Waals surface area (Å²) in [6.45, 7) is 9.81. The van der Waals surface area contributed by atoms with Gasteiger partial charge in [0.1, 0.15) is 11.6 Å². The van der Waals surface area contributed by atoms with E-state index in [2.05, 4.69) is 32.1 Å². The molecule has 1 aliphatic heterocycles. The van der Waals surface area contributed by atoms with Gasteiger partial charge in [-0.3, -0.25) is 4.90 Å². The standard InChI is InChI=1S/C14H22N6O/c1-9(14-17-16-12(4)21-14)19-7-5-6-13(19)8-20-11(3)15-10(2)18-20/h9,13H,5-8H2,1-4H3/t9-,13-/m1/s1. The molecule has 2 aromatic heterocycles. The van der Waals surface area contributed by atoms with Gasteiger partial charge in [-0.25, -0.2) is 9.67 Å². The normalized spacial score (nSPS) is 21.0. The first kappa shape index (κ1) is 14.2. The van der Waals surface area contributed by atoms with E-state index in [1.54, 1.807) is 0 Å². The highest BCUT2D eigenvalue weighted by atomic mass is 16.4. The predicted octanol–water partition coefficient (Wildman–Crippen LogP) is 1.81. The van der Waals surface area contributed by atoms with Crippen molar-refractivity contribution in [3.63, 3.8) is 0 Å². The molecule has 1 fully saturated rings. The van der Waals surface area contributed by atoms with Crippen LogP contribution < -0.4 is 0 Å². The second-order valence-electron chi connectivity index (χ2n) is 5.76. The number of hydrogen-bond acceptors (Lipinski definition) is 6. The third-order valence-corrected chi connectivity index (χ3v) is 4.17. The van der Waals surface area contributed by atoms with Crippen LogP contribution >= 0.6 is 0 Å². The Labute approximate surface area is 124 Å². The summed E-state index contributed by atoms with van der Waals surface area (Å²) in [7, 11) is 0. The molecule has 0 aromatic carbocycles. The number of aromatic nitrogens is 5. The summed E-state index contributed by atoms with van der Waals surface area (Å²) in [5.74, 6) is 3.12. The van der Waals surface area contributed by atoms with Gasteiger partial charge in [-0.2, -0.15) is 5.10 Å². The molecule has 0 bridgehead atoms. The Bertz CT molecular complexity index is 619. The predicted molar refractivity (Wildman–Crippen MR) is 76.7 cm³/mol. The van der Waals surface area contributed by atoms with Crippen molar-refractivity contribution in [1.29, 1.82) is 0 Å². The van der Waals surface area contributed by atoms with Crippen LogP contribution in [0.5, 0.6) is 0 Å². The third kappa shape index (κ3) is 2.83. The Hall–Kier alpha value is -1.76. The highest BCUT2D eigenvalue weighted by molar-refractivity contribution is 4.95. The van der Waals surface area contributed by atoms with Crippen LogP contribution in [0, 0.1) is 20.8 Å². The van der Waals surface area contributed by atoms with E-state index in [1.165, 1.54) is 6.42 Å². The number of likely N-dealkylation sites (tertiary alicyclic amines) is 1. The first-order chi connectivity index (χ1) is 10.0. The van der Waals surface area contributed by atoms with E-state index >= 15 is 0 Å². The summed E-state index contributed by atoms with van der Waals surface area (Å²) < 4.78 is 7.59. The van der Waals surface area contributed by atoms with Crippen LogP contribution in [-0.2, 0) is 6.54 Å². The molecule has 0 spiro atoms. The van der Waals surface area contributed by atoms with Crippen molar-refractivity contribution in [2.45, 2.75) is 59.2 Å². The molecule has 0 amide bonds. The van der Waals surface area contributed by atoms with Gasteiger partial charge in [0.15, 0.2) is 0 Å². The van der Waals surface area contributed by atoms with Crippen LogP contribution in [0.15, 0.2) is 4.42 Å². The maximum Gasteiger partial charge on any atom is 0.233 e. The Morgan fingerprint density at radius 2 is 2.10 bits per heavy atom. The first-order valence-corrected chi connectivity index (χ1v) is 7.48. The van der Waals surface area contributed by atoms with Gasteiger partial charge < -0.3 is 4.42 Å². The zero-order valence-corrected chi connectivity index (χ0v) is 13.1. The lowest BCUT2D eigenvalue weighted by molar-refractivity contribution is 0.150. The summed E-state index contributed by atoms with van der Waals surface area (Å²) in [5.41, 5.74) is 0. The van der Waals surface area contributed by atoms with Crippen molar-refractivity contribution in [3.05, 3.63) is 23.4 Å². The van der Waals surface area contributed by atoms with Gasteiger partial charge in [-0.05, 0) is 40.2 Å². The molecule has 2 atom stereocenters. The molecule has 0 N–H and O–H groups in total. The molecule has 7 nitrogen and oxygen atoms in total. The summed E-state index contributed by atoms with van der Waals surface area (Å²) >= 11 is 0. The van der Waals surface area contributed by atoms with Crippen molar-refractivity contribution in [1.82, 2.24) is 29.9 Å². The average molecular weight is 290 g/mol. The number of hydrogen-bond donors (Lipinski definition) is 0. The largest absolute Gasteiger partial charge is 0.424 e. The smallest absolute Gasteiger partial charge is 0.233 e. The molecule has 0 saturated carbocycles. The molecule has 1 saturated heterocycles. The highest BCUT2D eigenvalue weighted by Crippen LogP contribution is 2.29. The Morgan fingerprint density at radius 3 is 2.71 bits per heavy atom. The van der Waals surface area contributed by atoms with Crippen molar-refractivity contribution in [2.24, 2.45) is 0 Å². The molecule has 3 heterocycles. The molecule has 1 aliphatic rings. The topological polar surface area (TPSA) is 72.9 Å². The number of rotatable bonds is 4. The Kier molecular flexibility index (Phi) is 3.75. The van der Waals surface area contributed by atoms with E-state index < -0.39 is 0 Å². The first-order valence-electron chi connectivity index (χ1n) is 7.48. The minimum atomic E-state index is 0.142. The summed E-state index contributed by atoms with van der Waals surface area (Å²) in [6, 6.07) is 0.579. The highest BCUT2D eigenvalue weighted by Gasteiger charge is 2.32. The molecule has 3 rings (SSSR count). The Balaban J connectivity index is 1.74. The molecule has 7 heteroatoms. The van der Waals surface area contributed by atoms with Gasteiger partial charge in [0, 0.05) is 13.0 Å². The second kappa shape index (κ2) is 5.55. The van der Waals surface area contributed by atoms with Crippen molar-refractivity contribution >= 4 is 0 Å². The van der Waals surface area contributed by atoms with E-state index in [-0.39, 0.29) is 6.04 Å². The van der Waals surface area contributed by atoms with Gasteiger partial charge in [-0.1, -0.05) is 0 Å². The van der Waals surface area contributed by atoms with Gasteiger partial charge in [0.2, 0.25) is 11.8 Å². The van der Waals surface area contributed by atoms with E-state index in [1.807, 2.05) is 25.5 Å². The Morgan fingerprint density at radius 1 is 1.29 bits per heavy atom. The van der Waals surface area contributed by atoms with Crippen LogP contribution in [0.4, 0.5) is 0 Å². The zero-order valence-electron chi connectivity index (χ0n) is 13.1. The lowest BCUT2D eigenvalue weighted by atomic mass is 10.2. The van der Waals surface area contributed by atoms with Gasteiger partial charge in [0.25, 0.3) is 0 Å². The van der Waals surface area contributed by atoms with Crippen LogP contribution in [-0.4, -0.2) is 42.4 Å². The monoisotopic (exact) mass is 290 g/mol. The van der Waals surface area contributed by atoms with Crippen LogP contribution in [0.1, 0.15) is 49.2 Å². The summed E-state index contributed by atoms with van der Waals surface area (Å²) in [4.78, 5) is 6.81. The van der Waals surface area contributed by atoms with Crippen LogP contribution in [0.2, 0.25) is 0 Å². The van der Waals surface area contributed by atoms with E-state index in [4.69, 9.17) is 4.42 Å². The van der Waals surface area contributed by atoms with E-state index in [9.17, 15) is 0 Å². The van der Waals surface area contributed by atoms with E-state index in [0.29, 0.717) is 17.8 Å². The van der Waals surface area contributed by atoms with Gasteiger partial charge in [-0.15, -0.1) is 10.2 Å². The molecular formula is C14H22N6O. The molecule has 114 valence electrons. The van der Waals surface area contributed by atoms with Gasteiger partial charge in [0.05, 0.1) is 12.6 Å². The number of nitrogens with zero attached hydrogens (tertiary/aromatic N) is 6. The zero-order chi connectivity index (χ0) is 15.0. The summed E-state index contributed by atoms with van der Waals surface area (Å²) in [5, 5.41) is 12.6. The quantitative estimate of drug-likeness (QED) is 0.855. The van der Waals surface area contributed by atoms with Crippen molar-refractivity contribution in [3.8, 4) is 0 Å². The van der Waals surface area contributed by atoms with Gasteiger partial charge >= 0.3 is 0 Å². The maximum atomic E-state index is 5.59. The molecule has 0 aliphatic carbocycles. The molecule has 0 radical (unpaired) electrons. The molecule has 21 heavy (non-hydrogen) atoms.